The third-order valence-electron chi connectivity index (χ3n) is 4.45. The molecule has 8 heteroatoms. The molecule has 0 spiro atoms. The van der Waals surface area contributed by atoms with Crippen LogP contribution in [0.2, 0.25) is 0 Å². The summed E-state index contributed by atoms with van der Waals surface area (Å²) in [5.74, 6) is -1.56. The molecule has 0 aliphatic rings. The van der Waals surface area contributed by atoms with Crippen LogP contribution in [0, 0.1) is 6.92 Å². The van der Waals surface area contributed by atoms with Crippen molar-refractivity contribution < 1.29 is 19.2 Å². The second kappa shape index (κ2) is 11.7. The van der Waals surface area contributed by atoms with Crippen molar-refractivity contribution in [3.8, 4) is 0 Å². The third-order valence-corrected chi connectivity index (χ3v) is 4.45. The average Bonchev–Trinajstić information content (AvgIpc) is 2.60. The molecule has 154 valence electrons. The molecule has 4 amide bonds. The molecular weight excluding hydrogens is 360 g/mol. The maximum atomic E-state index is 12.6. The number of carbonyl (C=O) groups is 4. The van der Waals surface area contributed by atoms with Gasteiger partial charge < -0.3 is 22.1 Å². The van der Waals surface area contributed by atoms with Gasteiger partial charge in [-0.3, -0.25) is 19.2 Å². The quantitative estimate of drug-likeness (QED) is 0.399. The van der Waals surface area contributed by atoms with Crippen molar-refractivity contribution in [2.75, 3.05) is 5.32 Å². The fourth-order valence-corrected chi connectivity index (χ4v) is 2.90. The minimum absolute atomic E-state index is 0.00267. The number of amides is 4. The zero-order chi connectivity index (χ0) is 21.1. The van der Waals surface area contributed by atoms with Crippen molar-refractivity contribution in [1.82, 2.24) is 5.32 Å². The number of nitrogens with two attached hydrogens (primary N) is 2. The highest BCUT2D eigenvalue weighted by Crippen LogP contribution is 2.21. The molecule has 1 atom stereocenters. The summed E-state index contributed by atoms with van der Waals surface area (Å²) in [6.07, 6.45) is 3.94. The summed E-state index contributed by atoms with van der Waals surface area (Å²) in [4.78, 5) is 45.7. The summed E-state index contributed by atoms with van der Waals surface area (Å²) in [6.45, 7) is 3.24. The van der Waals surface area contributed by atoms with Crippen LogP contribution >= 0.6 is 0 Å². The number of primary amides is 2. The lowest BCUT2D eigenvalue weighted by atomic mass is 10.00. The van der Waals surface area contributed by atoms with Gasteiger partial charge in [-0.2, -0.15) is 0 Å². The zero-order valence-corrected chi connectivity index (χ0v) is 16.5. The Balaban J connectivity index is 2.72. The summed E-state index contributed by atoms with van der Waals surface area (Å²) < 4.78 is 0. The molecule has 6 N–H and O–H groups in total. The van der Waals surface area contributed by atoms with Crippen molar-refractivity contribution in [3.63, 3.8) is 0 Å². The van der Waals surface area contributed by atoms with Crippen LogP contribution in [0.3, 0.4) is 0 Å². The number of benzene rings is 1. The minimum Gasteiger partial charge on any atom is -0.370 e. The Morgan fingerprint density at radius 2 is 1.68 bits per heavy atom. The van der Waals surface area contributed by atoms with Gasteiger partial charge in [0, 0.05) is 25.5 Å². The SMILES string of the molecule is CC(=O)N[C@@H](CCC(N)=O)C(=O)Nc1cccc(CCCCCC(N)=O)c1C. The molecule has 0 fully saturated rings. The summed E-state index contributed by atoms with van der Waals surface area (Å²) in [6, 6.07) is 4.82. The largest absolute Gasteiger partial charge is 0.370 e. The van der Waals surface area contributed by atoms with E-state index in [-0.39, 0.29) is 24.7 Å². The van der Waals surface area contributed by atoms with E-state index in [0.29, 0.717) is 12.1 Å². The molecule has 0 unspecified atom stereocenters. The van der Waals surface area contributed by atoms with Crippen LogP contribution in [0.4, 0.5) is 5.69 Å². The lowest BCUT2D eigenvalue weighted by Crippen LogP contribution is -2.43. The molecule has 0 saturated heterocycles. The molecule has 8 nitrogen and oxygen atoms in total. The Bertz CT molecular complexity index is 718. The first-order valence-corrected chi connectivity index (χ1v) is 9.43. The van der Waals surface area contributed by atoms with Gasteiger partial charge in [-0.1, -0.05) is 18.6 Å². The third kappa shape index (κ3) is 8.66. The summed E-state index contributed by atoms with van der Waals surface area (Å²) in [7, 11) is 0. The Hall–Kier alpha value is -2.90. The van der Waals surface area contributed by atoms with E-state index in [4.69, 9.17) is 11.5 Å². The number of carbonyl (C=O) groups excluding carboxylic acids is 4. The van der Waals surface area contributed by atoms with Gasteiger partial charge in [0.05, 0.1) is 0 Å². The van der Waals surface area contributed by atoms with Gasteiger partial charge >= 0.3 is 0 Å². The summed E-state index contributed by atoms with van der Waals surface area (Å²) in [5, 5.41) is 5.38. The van der Waals surface area contributed by atoms with Crippen LogP contribution < -0.4 is 22.1 Å². The predicted molar refractivity (Wildman–Crippen MR) is 107 cm³/mol. The van der Waals surface area contributed by atoms with E-state index in [9.17, 15) is 19.2 Å². The van der Waals surface area contributed by atoms with E-state index in [1.54, 1.807) is 6.07 Å². The van der Waals surface area contributed by atoms with Crippen LogP contribution in [0.1, 0.15) is 56.6 Å². The molecular formula is C20H30N4O4. The number of hydrogen-bond donors (Lipinski definition) is 4. The van der Waals surface area contributed by atoms with Crippen LogP contribution in [-0.2, 0) is 25.6 Å². The highest BCUT2D eigenvalue weighted by molar-refractivity contribution is 5.97. The first-order chi connectivity index (χ1) is 13.2. The van der Waals surface area contributed by atoms with Crippen LogP contribution in [-0.4, -0.2) is 29.7 Å². The molecule has 0 aromatic heterocycles. The van der Waals surface area contributed by atoms with Crippen LogP contribution in [0.25, 0.3) is 0 Å². The first kappa shape index (κ1) is 23.1. The number of aryl methyl sites for hydroxylation is 1. The van der Waals surface area contributed by atoms with Crippen molar-refractivity contribution in [1.29, 1.82) is 0 Å². The maximum absolute atomic E-state index is 12.6. The van der Waals surface area contributed by atoms with E-state index in [2.05, 4.69) is 10.6 Å². The zero-order valence-electron chi connectivity index (χ0n) is 16.5. The Labute approximate surface area is 165 Å². The van der Waals surface area contributed by atoms with Crippen LogP contribution in [0.5, 0.6) is 0 Å². The fraction of sp³-hybridized carbons (Fsp3) is 0.500. The molecule has 1 aromatic rings. The van der Waals surface area contributed by atoms with Gasteiger partial charge in [0.1, 0.15) is 6.04 Å². The number of nitrogens with one attached hydrogen (secondary N) is 2. The highest BCUT2D eigenvalue weighted by Gasteiger charge is 2.21. The minimum atomic E-state index is -0.832. The van der Waals surface area contributed by atoms with E-state index in [1.165, 1.54) is 6.92 Å². The molecule has 0 bridgehead atoms. The second-order valence-electron chi connectivity index (χ2n) is 6.86. The molecule has 0 aliphatic carbocycles. The van der Waals surface area contributed by atoms with E-state index >= 15 is 0 Å². The lowest BCUT2D eigenvalue weighted by molar-refractivity contribution is -0.126. The van der Waals surface area contributed by atoms with Gasteiger partial charge in [0.15, 0.2) is 0 Å². The Morgan fingerprint density at radius 3 is 2.29 bits per heavy atom. The van der Waals surface area contributed by atoms with Gasteiger partial charge in [0.2, 0.25) is 23.6 Å². The topological polar surface area (TPSA) is 144 Å². The number of anilines is 1. The number of unbranched alkanes of at least 4 members (excludes halogenated alkanes) is 2. The smallest absolute Gasteiger partial charge is 0.246 e. The molecule has 1 rings (SSSR count). The van der Waals surface area contributed by atoms with E-state index in [0.717, 1.165) is 36.8 Å². The van der Waals surface area contributed by atoms with Crippen molar-refractivity contribution in [2.45, 2.75) is 64.8 Å². The molecule has 0 saturated carbocycles. The molecule has 28 heavy (non-hydrogen) atoms. The number of rotatable bonds is 12. The normalized spacial score (nSPS) is 11.5. The maximum Gasteiger partial charge on any atom is 0.246 e. The fourth-order valence-electron chi connectivity index (χ4n) is 2.90. The van der Waals surface area contributed by atoms with E-state index < -0.39 is 17.9 Å². The lowest BCUT2D eigenvalue weighted by Gasteiger charge is -2.19. The molecule has 0 radical (unpaired) electrons. The van der Waals surface area contributed by atoms with Crippen LogP contribution in [0.15, 0.2) is 18.2 Å². The summed E-state index contributed by atoms with van der Waals surface area (Å²) >= 11 is 0. The van der Waals surface area contributed by atoms with Gasteiger partial charge in [-0.05, 0) is 49.8 Å². The monoisotopic (exact) mass is 390 g/mol. The Morgan fingerprint density at radius 1 is 1.00 bits per heavy atom. The van der Waals surface area contributed by atoms with Gasteiger partial charge in [-0.25, -0.2) is 0 Å². The molecule has 0 aliphatic heterocycles. The second-order valence-corrected chi connectivity index (χ2v) is 6.86. The van der Waals surface area contributed by atoms with Crippen molar-refractivity contribution in [2.24, 2.45) is 11.5 Å². The molecule has 0 heterocycles. The van der Waals surface area contributed by atoms with Gasteiger partial charge in [-0.15, -0.1) is 0 Å². The average molecular weight is 390 g/mol. The number of hydrogen-bond acceptors (Lipinski definition) is 4. The first-order valence-electron chi connectivity index (χ1n) is 9.43. The van der Waals surface area contributed by atoms with E-state index in [1.807, 2.05) is 19.1 Å². The van der Waals surface area contributed by atoms with Crippen molar-refractivity contribution in [3.05, 3.63) is 29.3 Å². The highest BCUT2D eigenvalue weighted by atomic mass is 16.2. The standard InChI is InChI=1S/C20H30N4O4/c1-13-15(7-4-3-5-10-18(21)26)8-6-9-16(13)24-20(28)17(23-14(2)25)11-12-19(22)27/h6,8-9,17H,3-5,7,10-12H2,1-2H3,(H2,21,26)(H2,22,27)(H,23,25)(H,24,28)/t17-/m0/s1. The van der Waals surface area contributed by atoms with Gasteiger partial charge in [0.25, 0.3) is 0 Å². The van der Waals surface area contributed by atoms with Crippen molar-refractivity contribution >= 4 is 29.3 Å². The molecule has 1 aromatic carbocycles. The Kier molecular flexibility index (Phi) is 9.70. The summed E-state index contributed by atoms with van der Waals surface area (Å²) in [5.41, 5.74) is 13.0. The predicted octanol–water partition coefficient (Wildman–Crippen LogP) is 1.29.